The summed E-state index contributed by atoms with van der Waals surface area (Å²) in [5.74, 6) is -0.163. The number of rotatable bonds is 13. The van der Waals surface area contributed by atoms with Gasteiger partial charge in [-0.15, -0.1) is 0 Å². The zero-order valence-corrected chi connectivity index (χ0v) is 24.8. The van der Waals surface area contributed by atoms with Crippen LogP contribution in [0.25, 0.3) is 0 Å². The third-order valence-electron chi connectivity index (χ3n) is 8.69. The van der Waals surface area contributed by atoms with E-state index in [0.717, 1.165) is 57.4 Å². The second-order valence-corrected chi connectivity index (χ2v) is 11.6. The van der Waals surface area contributed by atoms with E-state index in [2.05, 4.69) is 30.5 Å². The van der Waals surface area contributed by atoms with Crippen molar-refractivity contribution in [1.29, 1.82) is 0 Å². The van der Waals surface area contributed by atoms with E-state index >= 15 is 0 Å². The lowest BCUT2D eigenvalue weighted by molar-refractivity contribution is -0.143. The van der Waals surface area contributed by atoms with Crippen molar-refractivity contribution in [2.45, 2.75) is 84.1 Å². The molecule has 0 unspecified atom stereocenters. The Morgan fingerprint density at radius 1 is 1.10 bits per heavy atom. The fourth-order valence-corrected chi connectivity index (χ4v) is 6.16. The average Bonchev–Trinajstić information content (AvgIpc) is 3.54. The topological polar surface area (TPSA) is 72.2 Å². The smallest absolute Gasteiger partial charge is 0.373 e. The van der Waals surface area contributed by atoms with Crippen LogP contribution in [0.5, 0.6) is 0 Å². The number of hydrogen-bond donors (Lipinski definition) is 0. The zero-order chi connectivity index (χ0) is 29.1. The molecule has 1 saturated carbocycles. The van der Waals surface area contributed by atoms with Crippen molar-refractivity contribution in [3.63, 3.8) is 0 Å². The van der Waals surface area contributed by atoms with E-state index in [1.165, 1.54) is 43.9 Å². The zero-order valence-electron chi connectivity index (χ0n) is 24.8. The Kier molecular flexibility index (Phi) is 11.3. The fraction of sp³-hybridized carbons (Fsp3) is 0.529. The Morgan fingerprint density at radius 2 is 1.83 bits per heavy atom. The van der Waals surface area contributed by atoms with Crippen molar-refractivity contribution >= 4 is 17.6 Å². The van der Waals surface area contributed by atoms with Crippen LogP contribution in [0.2, 0.25) is 0 Å². The lowest BCUT2D eigenvalue weighted by Gasteiger charge is -2.41. The molecule has 7 nitrogen and oxygen atoms in total. The molecule has 1 aliphatic carbocycles. The van der Waals surface area contributed by atoms with E-state index in [4.69, 9.17) is 13.9 Å². The average molecular weight is 563 g/mol. The van der Waals surface area contributed by atoms with E-state index < -0.39 is 5.97 Å². The molecule has 0 radical (unpaired) electrons. The minimum Gasteiger partial charge on any atom is -0.460 e. The first kappa shape index (κ1) is 30.6. The van der Waals surface area contributed by atoms with E-state index in [-0.39, 0.29) is 23.1 Å². The highest BCUT2D eigenvalue weighted by Gasteiger charge is 2.35. The molecule has 1 amide bonds. The summed E-state index contributed by atoms with van der Waals surface area (Å²) in [6, 6.07) is 11.8. The summed E-state index contributed by atoms with van der Waals surface area (Å²) in [6.07, 6.45) is 15.6. The first-order chi connectivity index (χ1) is 19.9. The second-order valence-electron chi connectivity index (χ2n) is 11.6. The molecule has 222 valence electrons. The number of ether oxygens (including phenoxy) is 2. The highest BCUT2D eigenvalue weighted by atomic mass is 16.6. The number of anilines is 1. The van der Waals surface area contributed by atoms with Crippen LogP contribution in [-0.2, 0) is 14.3 Å². The minimum absolute atomic E-state index is 0.0282. The summed E-state index contributed by atoms with van der Waals surface area (Å²) in [5.41, 5.74) is 2.28. The maximum absolute atomic E-state index is 13.5. The SMILES string of the molecule is C=C(O/C=C\CC)C(=O)OCCC1(CCN2CCC(N(C(=O)c3ccco3)c3ccc(C)cc3)CC2)CCCCC1. The third kappa shape index (κ3) is 8.59. The van der Waals surface area contributed by atoms with Gasteiger partial charge in [0.05, 0.1) is 19.1 Å². The van der Waals surface area contributed by atoms with Crippen LogP contribution >= 0.6 is 0 Å². The van der Waals surface area contributed by atoms with Crippen molar-refractivity contribution in [2.24, 2.45) is 5.41 Å². The highest BCUT2D eigenvalue weighted by molar-refractivity contribution is 6.04. The number of benzene rings is 1. The van der Waals surface area contributed by atoms with Crippen molar-refractivity contribution in [2.75, 3.05) is 31.1 Å². The quantitative estimate of drug-likeness (QED) is 0.144. The largest absolute Gasteiger partial charge is 0.460 e. The first-order valence-electron chi connectivity index (χ1n) is 15.2. The maximum atomic E-state index is 13.5. The molecule has 0 spiro atoms. The number of carbonyl (C=O) groups is 2. The van der Waals surface area contributed by atoms with Crippen molar-refractivity contribution in [1.82, 2.24) is 4.90 Å². The number of carbonyl (C=O) groups excluding carboxylic acids is 2. The number of allylic oxidation sites excluding steroid dienone is 1. The molecule has 1 aromatic heterocycles. The molecule has 0 bridgehead atoms. The molecule has 41 heavy (non-hydrogen) atoms. The molecule has 0 N–H and O–H groups in total. The minimum atomic E-state index is -0.485. The number of hydrogen-bond acceptors (Lipinski definition) is 6. The molecule has 4 rings (SSSR count). The summed E-state index contributed by atoms with van der Waals surface area (Å²) in [6.45, 7) is 11.1. The van der Waals surface area contributed by atoms with Gasteiger partial charge in [-0.3, -0.25) is 4.79 Å². The van der Waals surface area contributed by atoms with Gasteiger partial charge >= 0.3 is 5.97 Å². The molecule has 2 aliphatic rings. The number of piperidine rings is 1. The van der Waals surface area contributed by atoms with Gasteiger partial charge in [0.1, 0.15) is 0 Å². The summed E-state index contributed by atoms with van der Waals surface area (Å²) in [5, 5.41) is 0. The van der Waals surface area contributed by atoms with Gasteiger partial charge in [0, 0.05) is 24.8 Å². The molecular formula is C34H46N2O5. The lowest BCUT2D eigenvalue weighted by Crippen LogP contribution is -2.48. The highest BCUT2D eigenvalue weighted by Crippen LogP contribution is 2.42. The van der Waals surface area contributed by atoms with Gasteiger partial charge in [-0.25, -0.2) is 4.79 Å². The van der Waals surface area contributed by atoms with Gasteiger partial charge in [-0.1, -0.05) is 43.9 Å². The second kappa shape index (κ2) is 15.1. The predicted molar refractivity (Wildman–Crippen MR) is 162 cm³/mol. The van der Waals surface area contributed by atoms with E-state index in [1.807, 2.05) is 30.0 Å². The molecule has 2 aromatic rings. The van der Waals surface area contributed by atoms with Gasteiger partial charge in [0.15, 0.2) is 5.76 Å². The van der Waals surface area contributed by atoms with Crippen LogP contribution < -0.4 is 4.90 Å². The van der Waals surface area contributed by atoms with E-state index in [9.17, 15) is 9.59 Å². The third-order valence-corrected chi connectivity index (χ3v) is 8.69. The monoisotopic (exact) mass is 562 g/mol. The number of esters is 1. The molecule has 0 atom stereocenters. The standard InChI is InChI=1S/C34H46N2O5/c1-4-5-24-39-28(3)33(38)41-26-20-34(17-7-6-8-18-34)19-23-35-21-15-30(16-22-35)36(29-13-11-27(2)12-14-29)32(37)31-10-9-25-40-31/h5,9-14,24-25,30H,3-4,6-8,15-23,26H2,1-2H3/b24-5-. The fourth-order valence-electron chi connectivity index (χ4n) is 6.16. The van der Waals surface area contributed by atoms with Crippen LogP contribution in [0, 0.1) is 12.3 Å². The van der Waals surface area contributed by atoms with Crippen LogP contribution in [0.1, 0.15) is 87.3 Å². The molecular weight excluding hydrogens is 516 g/mol. The molecule has 1 saturated heterocycles. The van der Waals surface area contributed by atoms with Gasteiger partial charge in [0.25, 0.3) is 5.91 Å². The van der Waals surface area contributed by atoms with Crippen LogP contribution in [0.3, 0.4) is 0 Å². The normalized spacial score (nSPS) is 17.8. The van der Waals surface area contributed by atoms with Crippen LogP contribution in [0.15, 0.2) is 71.8 Å². The predicted octanol–water partition coefficient (Wildman–Crippen LogP) is 7.43. The number of aryl methyl sites for hydroxylation is 1. The number of furan rings is 1. The maximum Gasteiger partial charge on any atom is 0.373 e. The lowest BCUT2D eigenvalue weighted by atomic mass is 9.69. The van der Waals surface area contributed by atoms with Gasteiger partial charge in [-0.05, 0) is 101 Å². The van der Waals surface area contributed by atoms with Gasteiger partial charge in [-0.2, -0.15) is 0 Å². The van der Waals surface area contributed by atoms with Crippen molar-refractivity contribution in [3.05, 3.63) is 78.7 Å². The van der Waals surface area contributed by atoms with Gasteiger partial charge in [0.2, 0.25) is 5.76 Å². The molecule has 2 heterocycles. The molecule has 1 aromatic carbocycles. The number of nitrogens with zero attached hydrogens (tertiary/aromatic N) is 2. The molecule has 1 aliphatic heterocycles. The number of likely N-dealkylation sites (tertiary alicyclic amines) is 1. The number of amides is 1. The summed E-state index contributed by atoms with van der Waals surface area (Å²) in [7, 11) is 0. The van der Waals surface area contributed by atoms with Crippen LogP contribution in [0.4, 0.5) is 5.69 Å². The summed E-state index contributed by atoms with van der Waals surface area (Å²) < 4.78 is 16.3. The first-order valence-corrected chi connectivity index (χ1v) is 15.2. The van der Waals surface area contributed by atoms with Crippen molar-refractivity contribution in [3.8, 4) is 0 Å². The molecule has 2 fully saturated rings. The Morgan fingerprint density at radius 3 is 2.49 bits per heavy atom. The van der Waals surface area contributed by atoms with Gasteiger partial charge < -0.3 is 23.7 Å². The Hall–Kier alpha value is -3.32. The Labute approximate surface area is 245 Å². The van der Waals surface area contributed by atoms with Crippen molar-refractivity contribution < 1.29 is 23.5 Å². The van der Waals surface area contributed by atoms with Crippen LogP contribution in [-0.4, -0.2) is 49.1 Å². The summed E-state index contributed by atoms with van der Waals surface area (Å²) >= 11 is 0. The molecule has 7 heteroatoms. The Bertz CT molecular complexity index is 1140. The van der Waals surface area contributed by atoms with E-state index in [0.29, 0.717) is 12.4 Å². The summed E-state index contributed by atoms with van der Waals surface area (Å²) in [4.78, 5) is 30.2. The van der Waals surface area contributed by atoms with E-state index in [1.54, 1.807) is 18.4 Å². The Balaban J connectivity index is 1.31.